The zero-order valence-corrected chi connectivity index (χ0v) is 11.7. The summed E-state index contributed by atoms with van der Waals surface area (Å²) in [5.74, 6) is 0.406. The molecule has 0 bridgehead atoms. The quantitative estimate of drug-likeness (QED) is 0.911. The van der Waals surface area contributed by atoms with E-state index in [4.69, 9.17) is 0 Å². The molecule has 0 radical (unpaired) electrons. The zero-order valence-electron chi connectivity index (χ0n) is 10.9. The van der Waals surface area contributed by atoms with E-state index in [0.29, 0.717) is 17.4 Å². The Bertz CT molecular complexity index is 490. The van der Waals surface area contributed by atoms with Crippen molar-refractivity contribution in [3.05, 3.63) is 29.8 Å². The second-order valence-electron chi connectivity index (χ2n) is 4.87. The standard InChI is InChI=1S/C14H21NO2S/c1-2-15-18(16,17)14-11-7-6-10-13(14)12-8-4-3-5-9-12/h6-7,10-12,15H,2-5,8-9H2,1H3. The highest BCUT2D eigenvalue weighted by atomic mass is 32.2. The Kier molecular flexibility index (Phi) is 4.40. The van der Waals surface area contributed by atoms with Gasteiger partial charge in [-0.3, -0.25) is 0 Å². The molecule has 1 aliphatic carbocycles. The maximum Gasteiger partial charge on any atom is 0.240 e. The molecule has 0 amide bonds. The molecule has 3 nitrogen and oxygen atoms in total. The van der Waals surface area contributed by atoms with Crippen LogP contribution in [0.3, 0.4) is 0 Å². The molecule has 0 saturated heterocycles. The van der Waals surface area contributed by atoms with E-state index in [1.54, 1.807) is 19.1 Å². The average Bonchev–Trinajstić information content (AvgIpc) is 2.40. The summed E-state index contributed by atoms with van der Waals surface area (Å²) in [6, 6.07) is 7.44. The summed E-state index contributed by atoms with van der Waals surface area (Å²) in [5.41, 5.74) is 0.998. The van der Waals surface area contributed by atoms with Gasteiger partial charge in [0.1, 0.15) is 0 Å². The minimum Gasteiger partial charge on any atom is -0.211 e. The van der Waals surface area contributed by atoms with Crippen molar-refractivity contribution in [2.75, 3.05) is 6.54 Å². The third-order valence-electron chi connectivity index (χ3n) is 3.59. The molecule has 1 N–H and O–H groups in total. The highest BCUT2D eigenvalue weighted by Gasteiger charge is 2.23. The van der Waals surface area contributed by atoms with E-state index >= 15 is 0 Å². The van der Waals surface area contributed by atoms with E-state index in [1.807, 2.05) is 12.1 Å². The van der Waals surface area contributed by atoms with Crippen molar-refractivity contribution in [3.8, 4) is 0 Å². The summed E-state index contributed by atoms with van der Waals surface area (Å²) < 4.78 is 27.0. The van der Waals surface area contributed by atoms with Gasteiger partial charge in [-0.2, -0.15) is 0 Å². The van der Waals surface area contributed by atoms with Gasteiger partial charge < -0.3 is 0 Å². The second kappa shape index (κ2) is 5.85. The minimum atomic E-state index is -3.34. The van der Waals surface area contributed by atoms with Crippen LogP contribution in [0.25, 0.3) is 0 Å². The Balaban J connectivity index is 2.36. The van der Waals surface area contributed by atoms with Gasteiger partial charge in [0.25, 0.3) is 0 Å². The molecular formula is C14H21NO2S. The van der Waals surface area contributed by atoms with Crippen molar-refractivity contribution in [3.63, 3.8) is 0 Å². The molecule has 1 fully saturated rings. The fourth-order valence-electron chi connectivity index (χ4n) is 2.74. The number of nitrogens with one attached hydrogen (secondary N) is 1. The van der Waals surface area contributed by atoms with E-state index in [1.165, 1.54) is 19.3 Å². The van der Waals surface area contributed by atoms with Crippen molar-refractivity contribution in [1.29, 1.82) is 0 Å². The number of rotatable bonds is 4. The first-order chi connectivity index (χ1) is 8.65. The van der Waals surface area contributed by atoms with E-state index < -0.39 is 10.0 Å². The van der Waals surface area contributed by atoms with Crippen LogP contribution in [0.5, 0.6) is 0 Å². The van der Waals surface area contributed by atoms with Crippen LogP contribution < -0.4 is 4.72 Å². The van der Waals surface area contributed by atoms with Crippen LogP contribution in [0.2, 0.25) is 0 Å². The summed E-state index contributed by atoms with van der Waals surface area (Å²) in [5, 5.41) is 0. The van der Waals surface area contributed by atoms with Crippen LogP contribution in [0.4, 0.5) is 0 Å². The lowest BCUT2D eigenvalue weighted by Gasteiger charge is -2.24. The molecule has 0 aromatic heterocycles. The van der Waals surface area contributed by atoms with Crippen LogP contribution in [0, 0.1) is 0 Å². The van der Waals surface area contributed by atoms with Crippen LogP contribution in [-0.4, -0.2) is 15.0 Å². The van der Waals surface area contributed by atoms with Crippen LogP contribution >= 0.6 is 0 Å². The Labute approximate surface area is 110 Å². The molecule has 0 atom stereocenters. The second-order valence-corrected chi connectivity index (χ2v) is 6.61. The van der Waals surface area contributed by atoms with Crippen molar-refractivity contribution >= 4 is 10.0 Å². The minimum absolute atomic E-state index is 0.406. The highest BCUT2D eigenvalue weighted by Crippen LogP contribution is 2.35. The van der Waals surface area contributed by atoms with Gasteiger partial charge in [0, 0.05) is 6.54 Å². The van der Waals surface area contributed by atoms with E-state index in [9.17, 15) is 8.42 Å². The molecule has 18 heavy (non-hydrogen) atoms. The Morgan fingerprint density at radius 3 is 2.50 bits per heavy atom. The van der Waals surface area contributed by atoms with Crippen LogP contribution in [0.1, 0.15) is 50.5 Å². The number of sulfonamides is 1. The third kappa shape index (κ3) is 2.93. The fourth-order valence-corrected chi connectivity index (χ4v) is 4.08. The highest BCUT2D eigenvalue weighted by molar-refractivity contribution is 7.89. The van der Waals surface area contributed by atoms with Crippen molar-refractivity contribution in [2.45, 2.75) is 49.8 Å². The van der Waals surface area contributed by atoms with Gasteiger partial charge >= 0.3 is 0 Å². The molecule has 0 spiro atoms. The predicted octanol–water partition coefficient (Wildman–Crippen LogP) is 3.03. The van der Waals surface area contributed by atoms with E-state index in [0.717, 1.165) is 18.4 Å². The number of benzene rings is 1. The molecule has 1 saturated carbocycles. The molecule has 2 rings (SSSR count). The monoisotopic (exact) mass is 267 g/mol. The maximum atomic E-state index is 12.2. The number of hydrogen-bond donors (Lipinski definition) is 1. The first-order valence-electron chi connectivity index (χ1n) is 6.73. The molecule has 0 heterocycles. The van der Waals surface area contributed by atoms with Crippen LogP contribution in [-0.2, 0) is 10.0 Å². The summed E-state index contributed by atoms with van der Waals surface area (Å²) in [6.07, 6.45) is 5.91. The summed E-state index contributed by atoms with van der Waals surface area (Å²) >= 11 is 0. The smallest absolute Gasteiger partial charge is 0.211 e. The van der Waals surface area contributed by atoms with Gasteiger partial charge in [-0.25, -0.2) is 13.1 Å². The predicted molar refractivity (Wildman–Crippen MR) is 73.1 cm³/mol. The van der Waals surface area contributed by atoms with E-state index in [2.05, 4.69) is 4.72 Å². The molecule has 0 unspecified atom stereocenters. The van der Waals surface area contributed by atoms with Gasteiger partial charge in [-0.05, 0) is 30.4 Å². The molecule has 0 aliphatic heterocycles. The van der Waals surface area contributed by atoms with E-state index in [-0.39, 0.29) is 0 Å². The molecule has 1 aliphatic rings. The SMILES string of the molecule is CCNS(=O)(=O)c1ccccc1C1CCCCC1. The molecule has 100 valence electrons. The first kappa shape index (κ1) is 13.6. The molecular weight excluding hydrogens is 246 g/mol. The Morgan fingerprint density at radius 2 is 1.83 bits per heavy atom. The van der Waals surface area contributed by atoms with Crippen molar-refractivity contribution in [2.24, 2.45) is 0 Å². The van der Waals surface area contributed by atoms with Gasteiger partial charge in [0.15, 0.2) is 0 Å². The summed E-state index contributed by atoms with van der Waals surface area (Å²) in [6.45, 7) is 2.24. The Hall–Kier alpha value is -0.870. The van der Waals surface area contributed by atoms with Gasteiger partial charge in [-0.1, -0.05) is 44.4 Å². The Morgan fingerprint density at radius 1 is 1.17 bits per heavy atom. The largest absolute Gasteiger partial charge is 0.240 e. The lowest BCUT2D eigenvalue weighted by Crippen LogP contribution is -2.25. The number of hydrogen-bond acceptors (Lipinski definition) is 2. The third-order valence-corrected chi connectivity index (χ3v) is 5.21. The molecule has 4 heteroatoms. The van der Waals surface area contributed by atoms with Gasteiger partial charge in [-0.15, -0.1) is 0 Å². The topological polar surface area (TPSA) is 46.2 Å². The van der Waals surface area contributed by atoms with Gasteiger partial charge in [0.2, 0.25) is 10.0 Å². The molecule has 1 aromatic carbocycles. The van der Waals surface area contributed by atoms with Crippen molar-refractivity contribution in [1.82, 2.24) is 4.72 Å². The summed E-state index contributed by atoms with van der Waals surface area (Å²) in [4.78, 5) is 0.471. The summed E-state index contributed by atoms with van der Waals surface area (Å²) in [7, 11) is -3.34. The zero-order chi connectivity index (χ0) is 13.0. The lowest BCUT2D eigenvalue weighted by molar-refractivity contribution is 0.438. The first-order valence-corrected chi connectivity index (χ1v) is 8.22. The normalized spacial score (nSPS) is 17.8. The maximum absolute atomic E-state index is 12.2. The lowest BCUT2D eigenvalue weighted by atomic mass is 9.84. The fraction of sp³-hybridized carbons (Fsp3) is 0.571. The van der Waals surface area contributed by atoms with Crippen LogP contribution in [0.15, 0.2) is 29.2 Å². The van der Waals surface area contributed by atoms with Gasteiger partial charge in [0.05, 0.1) is 4.90 Å². The average molecular weight is 267 g/mol. The molecule has 1 aromatic rings. The van der Waals surface area contributed by atoms with Crippen molar-refractivity contribution < 1.29 is 8.42 Å².